The van der Waals surface area contributed by atoms with Crippen LogP contribution in [0.3, 0.4) is 0 Å². The van der Waals surface area contributed by atoms with Crippen molar-refractivity contribution in [2.75, 3.05) is 23.5 Å². The molecule has 7 nitrogen and oxygen atoms in total. The number of ether oxygens (including phenoxy) is 1. The fraction of sp³-hybridized carbons (Fsp3) is 0.0833. The Bertz CT molecular complexity index is 1300. The highest BCUT2D eigenvalue weighted by Gasteiger charge is 2.11. The Balaban J connectivity index is 1.34. The van der Waals surface area contributed by atoms with Gasteiger partial charge in [-0.15, -0.1) is 11.3 Å². The van der Waals surface area contributed by atoms with Gasteiger partial charge in [0.1, 0.15) is 0 Å². The molecule has 4 aromatic rings. The van der Waals surface area contributed by atoms with Crippen LogP contribution in [0.2, 0.25) is 0 Å². The molecule has 0 unspecified atom stereocenters. The van der Waals surface area contributed by atoms with Crippen LogP contribution in [0.4, 0.5) is 11.4 Å². The first kappa shape index (κ1) is 22.5. The molecule has 33 heavy (non-hydrogen) atoms. The number of fused-ring (bicyclic) bond motifs is 1. The van der Waals surface area contributed by atoms with E-state index in [4.69, 9.17) is 0 Å². The average Bonchev–Trinajstić information content (AvgIpc) is 3.25. The van der Waals surface area contributed by atoms with Crippen LogP contribution in [0.1, 0.15) is 20.7 Å². The van der Waals surface area contributed by atoms with Crippen LogP contribution >= 0.6 is 23.1 Å². The first-order chi connectivity index (χ1) is 16.0. The molecule has 0 aliphatic heterocycles. The predicted molar refractivity (Wildman–Crippen MR) is 131 cm³/mol. The van der Waals surface area contributed by atoms with Crippen LogP contribution in [-0.4, -0.2) is 35.6 Å². The fourth-order valence-corrected chi connectivity index (χ4v) is 4.88. The Hall–Kier alpha value is -3.69. The summed E-state index contributed by atoms with van der Waals surface area (Å²) in [6.07, 6.45) is 0. The minimum Gasteiger partial charge on any atom is -0.465 e. The predicted octanol–water partition coefficient (Wildman–Crippen LogP) is 5.07. The maximum Gasteiger partial charge on any atom is 0.337 e. The van der Waals surface area contributed by atoms with Gasteiger partial charge in [-0.3, -0.25) is 9.59 Å². The number of nitrogens with zero attached hydrogens (tertiary/aromatic N) is 1. The fourth-order valence-electron chi connectivity index (χ4n) is 2.97. The van der Waals surface area contributed by atoms with E-state index in [0.29, 0.717) is 22.5 Å². The summed E-state index contributed by atoms with van der Waals surface area (Å²) >= 11 is 2.80. The summed E-state index contributed by atoms with van der Waals surface area (Å²) in [6, 6.07) is 21.0. The number of aromatic nitrogens is 1. The summed E-state index contributed by atoms with van der Waals surface area (Å²) in [5, 5.41) is 5.69. The second-order valence-electron chi connectivity index (χ2n) is 6.89. The highest BCUT2D eigenvalue weighted by Crippen LogP contribution is 2.31. The lowest BCUT2D eigenvalue weighted by Crippen LogP contribution is -2.14. The molecule has 0 spiro atoms. The van der Waals surface area contributed by atoms with Gasteiger partial charge in [0, 0.05) is 16.9 Å². The van der Waals surface area contributed by atoms with Crippen LogP contribution < -0.4 is 10.6 Å². The number of amides is 2. The summed E-state index contributed by atoms with van der Waals surface area (Å²) in [6.45, 7) is 0. The van der Waals surface area contributed by atoms with Gasteiger partial charge in [-0.05, 0) is 54.6 Å². The van der Waals surface area contributed by atoms with E-state index in [1.54, 1.807) is 36.4 Å². The van der Waals surface area contributed by atoms with Gasteiger partial charge in [-0.25, -0.2) is 9.78 Å². The number of thioether (sulfide) groups is 1. The van der Waals surface area contributed by atoms with Crippen LogP contribution in [0.5, 0.6) is 0 Å². The van der Waals surface area contributed by atoms with Gasteiger partial charge in [0.05, 0.1) is 28.6 Å². The summed E-state index contributed by atoms with van der Waals surface area (Å²) in [4.78, 5) is 40.7. The molecule has 0 aliphatic carbocycles. The average molecular weight is 478 g/mol. The van der Waals surface area contributed by atoms with Gasteiger partial charge in [-0.1, -0.05) is 30.0 Å². The maximum absolute atomic E-state index is 12.4. The number of rotatable bonds is 7. The number of thiazole rings is 1. The monoisotopic (exact) mass is 477 g/mol. The zero-order valence-electron chi connectivity index (χ0n) is 17.5. The van der Waals surface area contributed by atoms with Crippen molar-refractivity contribution < 1.29 is 19.1 Å². The van der Waals surface area contributed by atoms with Gasteiger partial charge < -0.3 is 15.4 Å². The summed E-state index contributed by atoms with van der Waals surface area (Å²) in [5.74, 6) is -0.593. The molecule has 0 saturated carbocycles. The molecule has 0 radical (unpaired) electrons. The second-order valence-corrected chi connectivity index (χ2v) is 9.14. The van der Waals surface area contributed by atoms with Gasteiger partial charge in [0.2, 0.25) is 5.91 Å². The molecule has 2 amide bonds. The van der Waals surface area contributed by atoms with E-state index in [2.05, 4.69) is 20.4 Å². The van der Waals surface area contributed by atoms with Crippen molar-refractivity contribution in [3.8, 4) is 0 Å². The van der Waals surface area contributed by atoms with E-state index in [9.17, 15) is 14.4 Å². The zero-order valence-corrected chi connectivity index (χ0v) is 19.2. The molecule has 0 fully saturated rings. The Morgan fingerprint density at radius 2 is 1.64 bits per heavy atom. The zero-order chi connectivity index (χ0) is 23.2. The van der Waals surface area contributed by atoms with Crippen LogP contribution in [0.15, 0.2) is 77.1 Å². The van der Waals surface area contributed by atoms with E-state index >= 15 is 0 Å². The molecule has 4 rings (SSSR count). The first-order valence-corrected chi connectivity index (χ1v) is 11.7. The van der Waals surface area contributed by atoms with Gasteiger partial charge in [-0.2, -0.15) is 0 Å². The largest absolute Gasteiger partial charge is 0.465 e. The minimum atomic E-state index is -0.429. The minimum absolute atomic E-state index is 0.176. The Labute approximate surface area is 198 Å². The number of carbonyl (C=O) groups excluding carboxylic acids is 3. The van der Waals surface area contributed by atoms with Crippen molar-refractivity contribution in [1.82, 2.24) is 4.98 Å². The number of hydrogen-bond donors (Lipinski definition) is 2. The van der Waals surface area contributed by atoms with Crippen molar-refractivity contribution in [2.24, 2.45) is 0 Å². The topological polar surface area (TPSA) is 97.4 Å². The van der Waals surface area contributed by atoms with Gasteiger partial charge in [0.15, 0.2) is 4.34 Å². The Morgan fingerprint density at radius 3 is 2.36 bits per heavy atom. The SMILES string of the molecule is COC(=O)c1ccc(NC(=O)CSc2nc3ccc(NC(=O)c4ccccc4)cc3s2)cc1. The van der Waals surface area contributed by atoms with Gasteiger partial charge in [0.25, 0.3) is 5.91 Å². The van der Waals surface area contributed by atoms with E-state index < -0.39 is 5.97 Å². The molecule has 3 aromatic carbocycles. The number of nitrogens with one attached hydrogen (secondary N) is 2. The second kappa shape index (κ2) is 10.3. The smallest absolute Gasteiger partial charge is 0.337 e. The van der Waals surface area contributed by atoms with Crippen LogP contribution in [-0.2, 0) is 9.53 Å². The summed E-state index contributed by atoms with van der Waals surface area (Å²) in [7, 11) is 1.32. The van der Waals surface area contributed by atoms with Crippen molar-refractivity contribution in [2.45, 2.75) is 4.34 Å². The molecule has 1 heterocycles. The third-order valence-electron chi connectivity index (χ3n) is 4.58. The highest BCUT2D eigenvalue weighted by atomic mass is 32.2. The number of benzene rings is 3. The lowest BCUT2D eigenvalue weighted by atomic mass is 10.2. The third kappa shape index (κ3) is 5.76. The lowest BCUT2D eigenvalue weighted by Gasteiger charge is -2.05. The molecule has 2 N–H and O–H groups in total. The van der Waals surface area contributed by atoms with E-state index in [1.807, 2.05) is 36.4 Å². The number of methoxy groups -OCH3 is 1. The van der Waals surface area contributed by atoms with Crippen LogP contribution in [0.25, 0.3) is 10.2 Å². The maximum atomic E-state index is 12.4. The third-order valence-corrected chi connectivity index (χ3v) is 6.74. The quantitative estimate of drug-likeness (QED) is 0.285. The molecule has 0 saturated heterocycles. The Morgan fingerprint density at radius 1 is 0.909 bits per heavy atom. The molecular weight excluding hydrogens is 458 g/mol. The van der Waals surface area contributed by atoms with Gasteiger partial charge >= 0.3 is 5.97 Å². The first-order valence-electron chi connectivity index (χ1n) is 9.90. The molecular formula is C24H19N3O4S2. The number of carbonyl (C=O) groups is 3. The number of anilines is 2. The summed E-state index contributed by atoms with van der Waals surface area (Å²) < 4.78 is 6.34. The molecule has 0 aliphatic rings. The van der Waals surface area contributed by atoms with Crippen LogP contribution in [0, 0.1) is 0 Å². The van der Waals surface area contributed by atoms with E-state index in [-0.39, 0.29) is 17.6 Å². The molecule has 1 aromatic heterocycles. The normalized spacial score (nSPS) is 10.6. The number of esters is 1. The van der Waals surface area contributed by atoms with E-state index in [1.165, 1.54) is 30.2 Å². The van der Waals surface area contributed by atoms with Crippen molar-refractivity contribution in [3.05, 3.63) is 83.9 Å². The Kier molecular flexibility index (Phi) is 7.01. The number of hydrogen-bond acceptors (Lipinski definition) is 7. The van der Waals surface area contributed by atoms with Crippen molar-refractivity contribution in [3.63, 3.8) is 0 Å². The molecule has 0 bridgehead atoms. The highest BCUT2D eigenvalue weighted by molar-refractivity contribution is 8.01. The van der Waals surface area contributed by atoms with E-state index in [0.717, 1.165) is 14.6 Å². The standard InChI is InChI=1S/C24H19N3O4S2/c1-31-23(30)16-7-9-17(10-8-16)25-21(28)14-32-24-27-19-12-11-18(13-20(19)33-24)26-22(29)15-5-3-2-4-6-15/h2-13H,14H2,1H3,(H,25,28)(H,26,29). The molecule has 9 heteroatoms. The van der Waals surface area contributed by atoms with Crippen molar-refractivity contribution in [1.29, 1.82) is 0 Å². The molecule has 0 atom stereocenters. The molecule has 166 valence electrons. The summed E-state index contributed by atoms with van der Waals surface area (Å²) in [5.41, 5.74) is 3.09. The van der Waals surface area contributed by atoms with Crippen molar-refractivity contribution >= 4 is 62.5 Å². The lowest BCUT2D eigenvalue weighted by molar-refractivity contribution is -0.113.